The molecule has 0 heterocycles. The third-order valence-corrected chi connectivity index (χ3v) is 30.1. The van der Waals surface area contributed by atoms with Crippen molar-refractivity contribution in [1.82, 2.24) is 9.62 Å². The first kappa shape index (κ1) is 111. The van der Waals surface area contributed by atoms with Crippen molar-refractivity contribution in [2.24, 2.45) is 21.7 Å². The maximum Gasteiger partial charge on any atom is 0.216 e. The molecule has 0 bridgehead atoms. The van der Waals surface area contributed by atoms with Gasteiger partial charge in [0.25, 0.3) is 0 Å². The Balaban J connectivity index is 0.000000342. The summed E-state index contributed by atoms with van der Waals surface area (Å²) >= 11 is 0. The van der Waals surface area contributed by atoms with Crippen LogP contribution in [0, 0.1) is 21.7 Å². The smallest absolute Gasteiger partial charge is 0.216 e. The van der Waals surface area contributed by atoms with E-state index in [-0.39, 0.29) is 32.5 Å². The van der Waals surface area contributed by atoms with Gasteiger partial charge in [0.15, 0.2) is 0 Å². The molecule has 14 aromatic carbocycles. The summed E-state index contributed by atoms with van der Waals surface area (Å²) in [7, 11) is 8.30. The fourth-order valence-electron chi connectivity index (χ4n) is 15.1. The summed E-state index contributed by atoms with van der Waals surface area (Å²) < 4.78 is 43.9. The van der Waals surface area contributed by atoms with Crippen LogP contribution >= 0.6 is 0 Å². The van der Waals surface area contributed by atoms with Gasteiger partial charge in [0.2, 0.25) is 13.7 Å². The van der Waals surface area contributed by atoms with E-state index in [0.717, 1.165) is 12.8 Å². The maximum absolute atomic E-state index is 7.32. The molecule has 746 valence electrons. The van der Waals surface area contributed by atoms with Gasteiger partial charge < -0.3 is 9.62 Å². The molecule has 0 radical (unpaired) electrons. The average molecular weight is 1880 g/mol. The maximum atomic E-state index is 7.32. The van der Waals surface area contributed by atoms with E-state index >= 15 is 0 Å². The molecule has 0 saturated carbocycles. The predicted molar refractivity (Wildman–Crippen MR) is 628 cm³/mol. The zero-order valence-corrected chi connectivity index (χ0v) is 92.8. The van der Waals surface area contributed by atoms with Crippen LogP contribution in [0.2, 0.25) is 27.3 Å². The predicted octanol–water partition coefficient (Wildman–Crippen LogP) is 39.1. The molecular formula is C136H186B2N2. The molecule has 0 aliphatic heterocycles. The molecule has 3 unspecified atom stereocenters. The molecular weight excluding hydrogens is 1680 g/mol. The Bertz CT molecular complexity index is 5090. The highest BCUT2D eigenvalue weighted by atomic mass is 15.0. The number of nitrogens with zero attached hydrogens (tertiary/aromatic N) is 2. The quantitative estimate of drug-likeness (QED) is 0.0589. The van der Waals surface area contributed by atoms with Crippen molar-refractivity contribution in [2.45, 2.75) is 290 Å². The molecule has 0 fully saturated rings. The van der Waals surface area contributed by atoms with Crippen molar-refractivity contribution >= 4 is 13.7 Å². The Morgan fingerprint density at radius 3 is 0.486 bits per heavy atom. The van der Waals surface area contributed by atoms with Gasteiger partial charge in [-0.1, -0.05) is 632 Å². The van der Waals surface area contributed by atoms with Crippen LogP contribution in [-0.2, 0) is 21.7 Å². The SMILES string of the molecule is CB(C)N(C)C.CB(C)N(C)C.CC(c1ccccc1)C(C)(c1ccccc1)c1ccccc1.CC(c1ccccc1)[C@@H](C)c1ccccc1.CCC(C)(c1ccccc1)c1ccccc1.CCC(C)(c1ccccc1)c1ccccc1.CCC(C)c1ccccc1.CC[C@@H](C)c1ccccc1.C[C@@H](c1ccccc1)C(C)(c1ccccc1)c1ccccc1.[2H]C([2H])([2H])C(C)(C)C(C)(C)C.[2H]C([2H])([2H])C(C)(C)C(C)(C)C. The number of hydrogen-bond donors (Lipinski definition) is 0. The van der Waals surface area contributed by atoms with E-state index in [1.807, 2.05) is 41.5 Å². The van der Waals surface area contributed by atoms with E-state index in [0.29, 0.717) is 49.2 Å². The van der Waals surface area contributed by atoms with Crippen LogP contribution in [0.1, 0.15) is 327 Å². The first-order valence-corrected chi connectivity index (χ1v) is 51.8. The topological polar surface area (TPSA) is 6.48 Å². The molecule has 140 heavy (non-hydrogen) atoms. The minimum absolute atomic E-state index is 0.0517. The fourth-order valence-corrected chi connectivity index (χ4v) is 15.1. The summed E-state index contributed by atoms with van der Waals surface area (Å²) in [6.45, 7) is 57.3. The summed E-state index contributed by atoms with van der Waals surface area (Å²) in [5.41, 5.74) is 18.0. The Hall–Kier alpha value is -10.9. The van der Waals surface area contributed by atoms with E-state index in [1.54, 1.807) is 27.7 Å². The number of benzene rings is 14. The first-order valence-electron chi connectivity index (χ1n) is 54.8. The van der Waals surface area contributed by atoms with Gasteiger partial charge in [-0.05, 0) is 189 Å². The normalized spacial score (nSPS) is 13.4. The van der Waals surface area contributed by atoms with Crippen molar-refractivity contribution in [3.8, 4) is 0 Å². The highest BCUT2D eigenvalue weighted by molar-refractivity contribution is 6.52. The van der Waals surface area contributed by atoms with Gasteiger partial charge in [-0.25, -0.2) is 0 Å². The molecule has 14 aromatic rings. The molecule has 0 spiro atoms. The fraction of sp³-hybridized carbons (Fsp3) is 0.382. The lowest BCUT2D eigenvalue weighted by molar-refractivity contribution is 0.157. The van der Waals surface area contributed by atoms with Crippen molar-refractivity contribution in [1.29, 1.82) is 0 Å². The van der Waals surface area contributed by atoms with Crippen LogP contribution < -0.4 is 0 Å². The summed E-state index contributed by atoms with van der Waals surface area (Å²) in [5, 5.41) is 0. The van der Waals surface area contributed by atoms with Crippen molar-refractivity contribution in [2.75, 3.05) is 28.2 Å². The largest absolute Gasteiger partial charge is 0.348 e. The van der Waals surface area contributed by atoms with Crippen molar-refractivity contribution < 1.29 is 8.22 Å². The highest BCUT2D eigenvalue weighted by Crippen LogP contribution is 2.47. The molecule has 14 rings (SSSR count). The minimum atomic E-state index is -1.87. The Labute approximate surface area is 868 Å². The van der Waals surface area contributed by atoms with E-state index in [4.69, 9.17) is 8.22 Å². The molecule has 0 N–H and O–H groups in total. The second-order valence-electron chi connectivity index (χ2n) is 42.7. The van der Waals surface area contributed by atoms with Gasteiger partial charge in [0.1, 0.15) is 0 Å². The Morgan fingerprint density at radius 2 is 0.357 bits per heavy atom. The Morgan fingerprint density at radius 1 is 0.214 bits per heavy atom. The van der Waals surface area contributed by atoms with Crippen LogP contribution in [0.15, 0.2) is 425 Å². The van der Waals surface area contributed by atoms with E-state index in [9.17, 15) is 0 Å². The van der Waals surface area contributed by atoms with Gasteiger partial charge >= 0.3 is 0 Å². The third kappa shape index (κ3) is 39.9. The van der Waals surface area contributed by atoms with Crippen LogP contribution in [0.5, 0.6) is 0 Å². The first-order chi connectivity index (χ1) is 68.8. The molecule has 2 nitrogen and oxygen atoms in total. The second kappa shape index (κ2) is 61.7. The molecule has 4 heteroatoms. The zero-order chi connectivity index (χ0) is 109. The zero-order valence-electron chi connectivity index (χ0n) is 98.8. The highest BCUT2D eigenvalue weighted by Gasteiger charge is 2.38. The average Bonchev–Trinajstić information content (AvgIpc) is 0.759. The van der Waals surface area contributed by atoms with Crippen LogP contribution in [0.25, 0.3) is 0 Å². The lowest BCUT2D eigenvalue weighted by Crippen LogP contribution is -2.30. The Kier molecular flexibility index (Phi) is 49.0. The lowest BCUT2D eigenvalue weighted by atomic mass is 9.66. The lowest BCUT2D eigenvalue weighted by Gasteiger charge is -2.37. The molecule has 0 aromatic heterocycles. The number of hydrogen-bond acceptors (Lipinski definition) is 2. The van der Waals surface area contributed by atoms with E-state index in [1.165, 1.54) is 90.7 Å². The molecule has 0 amide bonds. The van der Waals surface area contributed by atoms with Gasteiger partial charge in [0.05, 0.1) is 0 Å². The van der Waals surface area contributed by atoms with Gasteiger partial charge in [-0.2, -0.15) is 0 Å². The van der Waals surface area contributed by atoms with Gasteiger partial charge in [-0.15, -0.1) is 0 Å². The third-order valence-electron chi connectivity index (χ3n) is 30.1. The van der Waals surface area contributed by atoms with Crippen LogP contribution in [0.4, 0.5) is 0 Å². The molecule has 0 saturated heterocycles. The molecule has 0 aliphatic rings. The molecule has 0 aliphatic carbocycles. The summed E-state index contributed by atoms with van der Waals surface area (Å²) in [6, 6.07) is 151. The van der Waals surface area contributed by atoms with Gasteiger partial charge in [0, 0.05) is 29.9 Å². The van der Waals surface area contributed by atoms with Gasteiger partial charge in [-0.3, -0.25) is 0 Å². The second-order valence-corrected chi connectivity index (χ2v) is 42.7. The van der Waals surface area contributed by atoms with Crippen LogP contribution in [-0.4, -0.2) is 51.5 Å². The standard InChI is InChI=1S/2C22H22.3C16H18.2C10H14.2C8H18.2C4H12BN/c2*1-18(19-12-6-3-7-13-19)22(2,20-14-8-4-9-15-20)21-16-10-5-11-17-21;1-13(15-9-5-3-6-10-15)14(2)16-11-7-4-8-12-16;2*1-3-16(2,14-10-6-4-7-11-14)15-12-8-5-9-13-15;2*1-3-9(2)10-7-5-4-6-8-10;2*1-7(2,3)8(4,5)6;2*1-5(2)6(3)4/h2*3-18H,1-2H3;3-14H,1-2H3;2*4-13H,3H2,1-2H3;2*4-9H,3H2,1-2H3;2*1-6H3;2*1-4H3/t18-;;13-,14?;;;9-;;;;;/m0.1..1...../s1/i;;;;;;;2*1D3;;. The van der Waals surface area contributed by atoms with Crippen molar-refractivity contribution in [3.63, 3.8) is 0 Å². The van der Waals surface area contributed by atoms with E-state index in [2.05, 4.69) is 587 Å². The summed E-state index contributed by atoms with van der Waals surface area (Å²) in [5.74, 6) is 3.31. The number of rotatable bonds is 23. The van der Waals surface area contributed by atoms with Crippen LogP contribution in [0.3, 0.4) is 0 Å². The minimum Gasteiger partial charge on any atom is -0.348 e. The van der Waals surface area contributed by atoms with E-state index < -0.39 is 24.5 Å². The summed E-state index contributed by atoms with van der Waals surface area (Å²) in [4.78, 5) is 4.33. The van der Waals surface area contributed by atoms with Crippen molar-refractivity contribution in [3.05, 3.63) is 503 Å². The molecule has 6 atom stereocenters. The summed E-state index contributed by atoms with van der Waals surface area (Å²) in [6.07, 6.45) is 4.68. The monoisotopic (exact) mass is 1880 g/mol.